The number of rotatable bonds is 13. The molecule has 9 nitrogen and oxygen atoms in total. The molecule has 2 N–H and O–H groups in total. The molecule has 0 radical (unpaired) electrons. The van der Waals surface area contributed by atoms with Crippen molar-refractivity contribution in [3.05, 3.63) is 125 Å². The number of nitrogens with one attached hydrogen (secondary N) is 2. The number of carbonyl (C=O) groups is 2. The molecule has 4 aromatic rings. The standard InChI is InChI=1S/C34H36N4O5S/c1-25-12-18-31(19-13-25)44(41,42)38(32-11-7-8-26(2)27(32)3)23-33(39)37-36-22-29-14-16-30(17-15-29)43-24-34(40)35-21-20-28-9-5-4-6-10-28/h4-19,22H,20-21,23-24H2,1-3H3,(H,35,40)(H,37,39)/b36-22-. The van der Waals surface area contributed by atoms with E-state index >= 15 is 0 Å². The molecule has 0 saturated carbocycles. The Hall–Kier alpha value is -4.96. The van der Waals surface area contributed by atoms with Gasteiger partial charge in [0.05, 0.1) is 16.8 Å². The zero-order valence-electron chi connectivity index (χ0n) is 25.0. The summed E-state index contributed by atoms with van der Waals surface area (Å²) in [6.07, 6.45) is 2.18. The van der Waals surface area contributed by atoms with Gasteiger partial charge < -0.3 is 10.1 Å². The van der Waals surface area contributed by atoms with Crippen LogP contribution in [0.1, 0.15) is 27.8 Å². The van der Waals surface area contributed by atoms with E-state index in [1.54, 1.807) is 48.5 Å². The molecule has 0 heterocycles. The van der Waals surface area contributed by atoms with Gasteiger partial charge in [-0.15, -0.1) is 0 Å². The second-order valence-electron chi connectivity index (χ2n) is 10.3. The maximum Gasteiger partial charge on any atom is 0.264 e. The lowest BCUT2D eigenvalue weighted by molar-refractivity contribution is -0.123. The Kier molecular flexibility index (Phi) is 10.9. The van der Waals surface area contributed by atoms with Crippen LogP contribution < -0.4 is 19.8 Å². The Morgan fingerprint density at radius 1 is 0.841 bits per heavy atom. The van der Waals surface area contributed by atoms with E-state index in [1.807, 2.05) is 57.2 Å². The molecule has 4 rings (SSSR count). The summed E-state index contributed by atoms with van der Waals surface area (Å²) in [5.74, 6) is -0.306. The highest BCUT2D eigenvalue weighted by molar-refractivity contribution is 7.92. The highest BCUT2D eigenvalue weighted by atomic mass is 32.2. The quantitative estimate of drug-likeness (QED) is 0.168. The lowest BCUT2D eigenvalue weighted by Crippen LogP contribution is -2.40. The van der Waals surface area contributed by atoms with E-state index in [4.69, 9.17) is 4.74 Å². The second-order valence-corrected chi connectivity index (χ2v) is 12.1. The first-order chi connectivity index (χ1) is 21.1. The summed E-state index contributed by atoms with van der Waals surface area (Å²) in [6.45, 7) is 5.53. The van der Waals surface area contributed by atoms with Crippen LogP contribution in [0.2, 0.25) is 0 Å². The molecule has 0 fully saturated rings. The van der Waals surface area contributed by atoms with Crippen LogP contribution in [0.5, 0.6) is 5.75 Å². The van der Waals surface area contributed by atoms with Crippen molar-refractivity contribution < 1.29 is 22.7 Å². The largest absolute Gasteiger partial charge is 0.484 e. The fourth-order valence-electron chi connectivity index (χ4n) is 4.33. The van der Waals surface area contributed by atoms with Gasteiger partial charge in [-0.25, -0.2) is 13.8 Å². The van der Waals surface area contributed by atoms with Crippen molar-refractivity contribution >= 4 is 33.7 Å². The second kappa shape index (κ2) is 15.0. The van der Waals surface area contributed by atoms with Crippen LogP contribution >= 0.6 is 0 Å². The minimum Gasteiger partial charge on any atom is -0.484 e. The van der Waals surface area contributed by atoms with E-state index in [0.717, 1.165) is 33.0 Å². The number of sulfonamides is 1. The average Bonchev–Trinajstić information content (AvgIpc) is 3.02. The van der Waals surface area contributed by atoms with Crippen LogP contribution in [0.3, 0.4) is 0 Å². The van der Waals surface area contributed by atoms with Gasteiger partial charge in [0, 0.05) is 6.54 Å². The normalized spacial score (nSPS) is 11.2. The molecule has 2 amide bonds. The molecular weight excluding hydrogens is 576 g/mol. The van der Waals surface area contributed by atoms with Crippen LogP contribution in [0.4, 0.5) is 5.69 Å². The van der Waals surface area contributed by atoms with Crippen molar-refractivity contribution in [3.8, 4) is 5.75 Å². The lowest BCUT2D eigenvalue weighted by atomic mass is 10.1. The smallest absolute Gasteiger partial charge is 0.264 e. The number of ether oxygens (including phenoxy) is 1. The number of benzene rings is 4. The molecule has 0 saturated heterocycles. The number of anilines is 1. The van der Waals surface area contributed by atoms with Gasteiger partial charge in [0.25, 0.3) is 21.8 Å². The fraction of sp³-hybridized carbons (Fsp3) is 0.206. The molecule has 4 aromatic carbocycles. The number of hydrazone groups is 1. The number of aryl methyl sites for hydroxylation is 2. The first-order valence-electron chi connectivity index (χ1n) is 14.1. The lowest BCUT2D eigenvalue weighted by Gasteiger charge is -2.26. The van der Waals surface area contributed by atoms with Crippen molar-refractivity contribution in [2.45, 2.75) is 32.1 Å². The minimum atomic E-state index is -4.04. The van der Waals surface area contributed by atoms with Gasteiger partial charge in [0.1, 0.15) is 12.3 Å². The highest BCUT2D eigenvalue weighted by Gasteiger charge is 2.28. The Balaban J connectivity index is 1.32. The first-order valence-corrected chi connectivity index (χ1v) is 15.6. The van der Waals surface area contributed by atoms with E-state index < -0.39 is 22.5 Å². The van der Waals surface area contributed by atoms with Gasteiger partial charge in [-0.3, -0.25) is 13.9 Å². The van der Waals surface area contributed by atoms with Gasteiger partial charge in [-0.05, 0) is 91.9 Å². The summed E-state index contributed by atoms with van der Waals surface area (Å²) in [6, 6.07) is 28.6. The summed E-state index contributed by atoms with van der Waals surface area (Å²) >= 11 is 0. The molecule has 0 unspecified atom stereocenters. The topological polar surface area (TPSA) is 117 Å². The number of amides is 2. The summed E-state index contributed by atoms with van der Waals surface area (Å²) in [5.41, 5.74) is 7.25. The highest BCUT2D eigenvalue weighted by Crippen LogP contribution is 2.28. The molecule has 0 aromatic heterocycles. The molecule has 0 aliphatic rings. The molecule has 0 bridgehead atoms. The van der Waals surface area contributed by atoms with Gasteiger partial charge in [0.2, 0.25) is 0 Å². The predicted octanol–water partition coefficient (Wildman–Crippen LogP) is 4.70. The maximum absolute atomic E-state index is 13.6. The Morgan fingerprint density at radius 3 is 2.25 bits per heavy atom. The summed E-state index contributed by atoms with van der Waals surface area (Å²) in [7, 11) is -4.04. The Labute approximate surface area is 258 Å². The minimum absolute atomic E-state index is 0.0901. The summed E-state index contributed by atoms with van der Waals surface area (Å²) in [5, 5.41) is 6.84. The predicted molar refractivity (Wildman–Crippen MR) is 172 cm³/mol. The summed E-state index contributed by atoms with van der Waals surface area (Å²) < 4.78 is 34.0. The van der Waals surface area contributed by atoms with Crippen LogP contribution in [0.15, 0.2) is 107 Å². The zero-order chi connectivity index (χ0) is 31.5. The maximum atomic E-state index is 13.6. The van der Waals surface area contributed by atoms with Gasteiger partial charge in [-0.2, -0.15) is 5.10 Å². The van der Waals surface area contributed by atoms with Gasteiger partial charge >= 0.3 is 0 Å². The van der Waals surface area contributed by atoms with E-state index in [9.17, 15) is 18.0 Å². The van der Waals surface area contributed by atoms with Gasteiger partial charge in [-0.1, -0.05) is 60.2 Å². The SMILES string of the molecule is Cc1ccc(S(=O)(=O)N(CC(=O)N/N=C\c2ccc(OCC(=O)NCCc3ccccc3)cc2)c2cccc(C)c2C)cc1. The van der Waals surface area contributed by atoms with Crippen molar-refractivity contribution in [3.63, 3.8) is 0 Å². The molecular formula is C34H36N4O5S. The van der Waals surface area contributed by atoms with Crippen LogP contribution in [-0.4, -0.2) is 46.1 Å². The number of nitrogens with zero attached hydrogens (tertiary/aromatic N) is 2. The zero-order valence-corrected chi connectivity index (χ0v) is 25.8. The van der Waals surface area contributed by atoms with Crippen molar-refractivity contribution in [2.75, 3.05) is 24.0 Å². The fourth-order valence-corrected chi connectivity index (χ4v) is 5.81. The Bertz CT molecular complexity index is 1710. The van der Waals surface area contributed by atoms with Crippen molar-refractivity contribution in [2.24, 2.45) is 5.10 Å². The third-order valence-electron chi connectivity index (χ3n) is 6.97. The van der Waals surface area contributed by atoms with Gasteiger partial charge in [0.15, 0.2) is 6.61 Å². The van der Waals surface area contributed by atoms with E-state index in [0.29, 0.717) is 23.5 Å². The van der Waals surface area contributed by atoms with E-state index in [-0.39, 0.29) is 17.4 Å². The number of hydrogen-bond acceptors (Lipinski definition) is 6. The first kappa shape index (κ1) is 32.0. The van der Waals surface area contributed by atoms with Crippen molar-refractivity contribution in [1.29, 1.82) is 0 Å². The van der Waals surface area contributed by atoms with Crippen LogP contribution in [0.25, 0.3) is 0 Å². The molecule has 0 aliphatic heterocycles. The molecule has 228 valence electrons. The molecule has 0 aliphatic carbocycles. The molecule has 0 spiro atoms. The number of hydrogen-bond donors (Lipinski definition) is 2. The summed E-state index contributed by atoms with van der Waals surface area (Å²) in [4.78, 5) is 25.1. The average molecular weight is 613 g/mol. The van der Waals surface area contributed by atoms with Crippen LogP contribution in [-0.2, 0) is 26.0 Å². The molecule has 10 heteroatoms. The third kappa shape index (κ3) is 8.78. The van der Waals surface area contributed by atoms with Crippen molar-refractivity contribution in [1.82, 2.24) is 10.7 Å². The van der Waals surface area contributed by atoms with E-state index in [1.165, 1.54) is 18.3 Å². The third-order valence-corrected chi connectivity index (χ3v) is 8.75. The molecule has 44 heavy (non-hydrogen) atoms. The monoisotopic (exact) mass is 612 g/mol. The Morgan fingerprint density at radius 2 is 1.55 bits per heavy atom. The molecule has 0 atom stereocenters. The number of carbonyl (C=O) groups excluding carboxylic acids is 2. The van der Waals surface area contributed by atoms with Crippen LogP contribution in [0, 0.1) is 20.8 Å². The van der Waals surface area contributed by atoms with E-state index in [2.05, 4.69) is 15.8 Å².